The molecule has 0 aromatic heterocycles. The van der Waals surface area contributed by atoms with Crippen molar-refractivity contribution in [1.82, 2.24) is 0 Å². The van der Waals surface area contributed by atoms with Crippen LogP contribution < -0.4 is 5.73 Å². The fourth-order valence-electron chi connectivity index (χ4n) is 0.968. The van der Waals surface area contributed by atoms with Crippen LogP contribution in [-0.4, -0.2) is 22.5 Å². The second-order valence-electron chi connectivity index (χ2n) is 2.62. The summed E-state index contributed by atoms with van der Waals surface area (Å²) in [6.07, 6.45) is 0. The minimum Gasteiger partial charge on any atom is -0.507 e. The highest BCUT2D eigenvalue weighted by Crippen LogP contribution is 2.29. The van der Waals surface area contributed by atoms with Crippen LogP contribution in [0, 0.1) is 0 Å². The first-order valence-corrected chi connectivity index (χ1v) is 5.19. The van der Waals surface area contributed by atoms with Gasteiger partial charge in [-0.1, -0.05) is 6.07 Å². The van der Waals surface area contributed by atoms with Crippen LogP contribution in [0.5, 0.6) is 11.5 Å². The van der Waals surface area contributed by atoms with Crippen molar-refractivity contribution in [3.63, 3.8) is 0 Å². The molecule has 4 heteroatoms. The minimum atomic E-state index is 0.143. The summed E-state index contributed by atoms with van der Waals surface area (Å²) in [5, 5.41) is 18.8. The number of hydrogen-bond acceptors (Lipinski definition) is 4. The molecule has 72 valence electrons. The average molecular weight is 199 g/mol. The Balaban J connectivity index is 2.64. The number of thioether (sulfide) groups is 1. The average Bonchev–Trinajstić information content (AvgIpc) is 2.10. The Kier molecular flexibility index (Phi) is 3.92. The van der Waals surface area contributed by atoms with Crippen LogP contribution in [0.3, 0.4) is 0 Å². The number of hydrogen-bond donors (Lipinski definition) is 3. The molecule has 1 aromatic rings. The number of benzene rings is 1. The SMILES string of the molecule is NCCSCc1c(O)cccc1O. The minimum absolute atomic E-state index is 0.143. The van der Waals surface area contributed by atoms with E-state index in [0.29, 0.717) is 17.9 Å². The summed E-state index contributed by atoms with van der Waals surface area (Å²) in [6, 6.07) is 4.75. The van der Waals surface area contributed by atoms with E-state index in [9.17, 15) is 10.2 Å². The zero-order chi connectivity index (χ0) is 9.68. The van der Waals surface area contributed by atoms with Gasteiger partial charge in [0, 0.05) is 23.6 Å². The van der Waals surface area contributed by atoms with Gasteiger partial charge in [0.25, 0.3) is 0 Å². The summed E-state index contributed by atoms with van der Waals surface area (Å²) < 4.78 is 0. The van der Waals surface area contributed by atoms with E-state index in [1.165, 1.54) is 0 Å². The summed E-state index contributed by atoms with van der Waals surface area (Å²) >= 11 is 1.59. The van der Waals surface area contributed by atoms with Gasteiger partial charge in [-0.25, -0.2) is 0 Å². The molecule has 0 unspecified atom stereocenters. The monoisotopic (exact) mass is 199 g/mol. The Morgan fingerprint density at radius 2 is 1.85 bits per heavy atom. The molecule has 0 saturated heterocycles. The molecule has 0 spiro atoms. The highest BCUT2D eigenvalue weighted by Gasteiger charge is 2.05. The highest BCUT2D eigenvalue weighted by atomic mass is 32.2. The molecule has 0 aliphatic heterocycles. The maximum Gasteiger partial charge on any atom is 0.123 e. The predicted molar refractivity (Wildman–Crippen MR) is 55.0 cm³/mol. The summed E-state index contributed by atoms with van der Waals surface area (Å²) in [7, 11) is 0. The fraction of sp³-hybridized carbons (Fsp3) is 0.333. The van der Waals surface area contributed by atoms with E-state index in [4.69, 9.17) is 5.73 Å². The van der Waals surface area contributed by atoms with Crippen LogP contribution >= 0.6 is 11.8 Å². The molecule has 0 atom stereocenters. The number of nitrogens with two attached hydrogens (primary N) is 1. The van der Waals surface area contributed by atoms with Crippen LogP contribution in [0.1, 0.15) is 5.56 Å². The molecule has 13 heavy (non-hydrogen) atoms. The van der Waals surface area contributed by atoms with Crippen molar-refractivity contribution < 1.29 is 10.2 Å². The zero-order valence-electron chi connectivity index (χ0n) is 7.23. The summed E-state index contributed by atoms with van der Waals surface area (Å²) in [5.41, 5.74) is 5.91. The first-order valence-electron chi connectivity index (χ1n) is 4.03. The Bertz CT molecular complexity index is 258. The van der Waals surface area contributed by atoms with Crippen molar-refractivity contribution >= 4 is 11.8 Å². The first-order chi connectivity index (χ1) is 6.25. The summed E-state index contributed by atoms with van der Waals surface area (Å²) in [5.74, 6) is 1.71. The molecule has 1 aromatic carbocycles. The van der Waals surface area contributed by atoms with Crippen molar-refractivity contribution in [2.24, 2.45) is 5.73 Å². The lowest BCUT2D eigenvalue weighted by molar-refractivity contribution is 0.442. The largest absolute Gasteiger partial charge is 0.507 e. The van der Waals surface area contributed by atoms with Crippen LogP contribution in [0.25, 0.3) is 0 Å². The van der Waals surface area contributed by atoms with Crippen LogP contribution in [0.2, 0.25) is 0 Å². The lowest BCUT2D eigenvalue weighted by atomic mass is 10.2. The predicted octanol–water partition coefficient (Wildman–Crippen LogP) is 1.29. The third-order valence-electron chi connectivity index (χ3n) is 1.64. The van der Waals surface area contributed by atoms with E-state index in [1.54, 1.807) is 30.0 Å². The quantitative estimate of drug-likeness (QED) is 0.639. The molecular weight excluding hydrogens is 186 g/mol. The Hall–Kier alpha value is -0.870. The van der Waals surface area contributed by atoms with E-state index in [0.717, 1.165) is 5.75 Å². The van der Waals surface area contributed by atoms with Crippen molar-refractivity contribution in [1.29, 1.82) is 0 Å². The van der Waals surface area contributed by atoms with Gasteiger partial charge < -0.3 is 15.9 Å². The number of phenols is 2. The molecule has 0 aliphatic carbocycles. The van der Waals surface area contributed by atoms with Crippen molar-refractivity contribution in [3.8, 4) is 11.5 Å². The van der Waals surface area contributed by atoms with Gasteiger partial charge in [0.1, 0.15) is 11.5 Å². The number of rotatable bonds is 4. The standard InChI is InChI=1S/C9H13NO2S/c10-4-5-13-6-7-8(11)2-1-3-9(7)12/h1-3,11-12H,4-6,10H2. The molecule has 1 rings (SSSR count). The summed E-state index contributed by atoms with van der Waals surface area (Å²) in [4.78, 5) is 0. The molecule has 0 bridgehead atoms. The molecule has 0 aliphatic rings. The van der Waals surface area contributed by atoms with Crippen LogP contribution in [0.15, 0.2) is 18.2 Å². The van der Waals surface area contributed by atoms with Crippen LogP contribution in [-0.2, 0) is 5.75 Å². The topological polar surface area (TPSA) is 66.5 Å². The van der Waals surface area contributed by atoms with Crippen molar-refractivity contribution in [3.05, 3.63) is 23.8 Å². The van der Waals surface area contributed by atoms with E-state index in [2.05, 4.69) is 0 Å². The molecule has 3 nitrogen and oxygen atoms in total. The second kappa shape index (κ2) is 4.99. The first kappa shape index (κ1) is 10.2. The van der Waals surface area contributed by atoms with E-state index < -0.39 is 0 Å². The van der Waals surface area contributed by atoms with Gasteiger partial charge >= 0.3 is 0 Å². The lowest BCUT2D eigenvalue weighted by Gasteiger charge is -2.05. The molecule has 0 heterocycles. The van der Waals surface area contributed by atoms with Gasteiger partial charge in [0.2, 0.25) is 0 Å². The molecule has 0 radical (unpaired) electrons. The number of phenolic OH excluding ortho intramolecular Hbond substituents is 2. The second-order valence-corrected chi connectivity index (χ2v) is 3.72. The van der Waals surface area contributed by atoms with E-state index in [-0.39, 0.29) is 11.5 Å². The van der Waals surface area contributed by atoms with Crippen LogP contribution in [0.4, 0.5) is 0 Å². The van der Waals surface area contributed by atoms with Crippen molar-refractivity contribution in [2.75, 3.05) is 12.3 Å². The Morgan fingerprint density at radius 1 is 1.23 bits per heavy atom. The van der Waals surface area contributed by atoms with Gasteiger partial charge in [-0.05, 0) is 12.1 Å². The van der Waals surface area contributed by atoms with E-state index >= 15 is 0 Å². The Morgan fingerprint density at radius 3 is 2.38 bits per heavy atom. The third-order valence-corrected chi connectivity index (χ3v) is 2.65. The fourth-order valence-corrected chi connectivity index (χ4v) is 1.78. The highest BCUT2D eigenvalue weighted by molar-refractivity contribution is 7.98. The van der Waals surface area contributed by atoms with Gasteiger partial charge in [-0.3, -0.25) is 0 Å². The zero-order valence-corrected chi connectivity index (χ0v) is 8.05. The van der Waals surface area contributed by atoms with E-state index in [1.807, 2.05) is 0 Å². The smallest absolute Gasteiger partial charge is 0.123 e. The third kappa shape index (κ3) is 2.82. The Labute approximate surface area is 81.6 Å². The normalized spacial score (nSPS) is 10.2. The van der Waals surface area contributed by atoms with Gasteiger partial charge in [0.15, 0.2) is 0 Å². The molecule has 0 amide bonds. The molecule has 0 saturated carbocycles. The summed E-state index contributed by atoms with van der Waals surface area (Å²) in [6.45, 7) is 0.610. The maximum absolute atomic E-state index is 9.39. The maximum atomic E-state index is 9.39. The van der Waals surface area contributed by atoms with Gasteiger partial charge in [-0.15, -0.1) is 0 Å². The number of aromatic hydroxyl groups is 2. The van der Waals surface area contributed by atoms with Gasteiger partial charge in [-0.2, -0.15) is 11.8 Å². The lowest BCUT2D eigenvalue weighted by Crippen LogP contribution is -2.01. The van der Waals surface area contributed by atoms with Crippen molar-refractivity contribution in [2.45, 2.75) is 5.75 Å². The molecule has 0 fully saturated rings. The molecule has 4 N–H and O–H groups in total. The molecular formula is C9H13NO2S. The van der Waals surface area contributed by atoms with Gasteiger partial charge in [0.05, 0.1) is 0 Å².